The number of phenols is 1. The lowest BCUT2D eigenvalue weighted by Gasteiger charge is -2.35. The summed E-state index contributed by atoms with van der Waals surface area (Å²) >= 11 is 3.57. The van der Waals surface area contributed by atoms with Crippen LogP contribution >= 0.6 is 15.9 Å². The van der Waals surface area contributed by atoms with E-state index in [0.29, 0.717) is 12.2 Å². The number of carbonyl (C=O) groups is 1. The number of hydrogen-bond acceptors (Lipinski definition) is 2. The summed E-state index contributed by atoms with van der Waals surface area (Å²) in [5.74, 6) is 0.580. The van der Waals surface area contributed by atoms with E-state index in [4.69, 9.17) is 0 Å². The van der Waals surface area contributed by atoms with E-state index in [0.717, 1.165) is 29.3 Å². The Labute approximate surface area is 134 Å². The smallest absolute Gasteiger partial charge is 0.170 e. The lowest BCUT2D eigenvalue weighted by Crippen LogP contribution is -2.27. The number of carbonyl (C=O) groups excluding carboxylic acids is 1. The lowest BCUT2D eigenvalue weighted by atomic mass is 9.69. The molecule has 0 aliphatic heterocycles. The van der Waals surface area contributed by atoms with Crippen LogP contribution in [0.2, 0.25) is 0 Å². The van der Waals surface area contributed by atoms with Crippen LogP contribution in [0.15, 0.2) is 16.6 Å². The number of unbranched alkanes of at least 4 members (excludes halogenated alkanes) is 1. The van der Waals surface area contributed by atoms with Gasteiger partial charge in [-0.15, -0.1) is 0 Å². The summed E-state index contributed by atoms with van der Waals surface area (Å²) in [6, 6.07) is 3.75. The summed E-state index contributed by atoms with van der Waals surface area (Å²) in [4.78, 5) is 12.2. The number of Topliss-reactive ketones (excluding diaryl/α,β-unsaturated/α-hetero) is 1. The summed E-state index contributed by atoms with van der Waals surface area (Å²) < 4.78 is 0.772. The molecule has 1 atom stereocenters. The molecule has 2 aliphatic rings. The Kier molecular flexibility index (Phi) is 3.73. The first-order valence-electron chi connectivity index (χ1n) is 7.75. The molecule has 0 saturated heterocycles. The van der Waals surface area contributed by atoms with Crippen LogP contribution in [-0.2, 0) is 11.2 Å². The summed E-state index contributed by atoms with van der Waals surface area (Å²) in [5.41, 5.74) is 4.65. The fourth-order valence-corrected chi connectivity index (χ4v) is 4.77. The van der Waals surface area contributed by atoms with Crippen molar-refractivity contribution in [2.75, 3.05) is 0 Å². The number of hydrogen-bond donors (Lipinski definition) is 1. The van der Waals surface area contributed by atoms with Gasteiger partial charge in [0.25, 0.3) is 0 Å². The van der Waals surface area contributed by atoms with Gasteiger partial charge in [-0.1, -0.05) is 25.8 Å². The monoisotopic (exact) mass is 348 g/mol. The van der Waals surface area contributed by atoms with Gasteiger partial charge in [0.05, 0.1) is 4.48 Å². The number of rotatable bonds is 3. The summed E-state index contributed by atoms with van der Waals surface area (Å²) in [7, 11) is 0. The number of allylic oxidation sites excluding steroid dienone is 2. The molecule has 1 aromatic carbocycles. The highest BCUT2D eigenvalue weighted by molar-refractivity contribution is 9.12. The van der Waals surface area contributed by atoms with Crippen molar-refractivity contribution in [1.82, 2.24) is 0 Å². The number of ketones is 1. The van der Waals surface area contributed by atoms with Crippen molar-refractivity contribution in [1.29, 1.82) is 0 Å². The number of fused-ring (bicyclic) bond motifs is 3. The van der Waals surface area contributed by atoms with Gasteiger partial charge in [0, 0.05) is 11.8 Å². The SMILES string of the molecule is CCCCC12CCC(=O)C(Br)=C1c1ccc(O)c(C)c1C2. The predicted molar refractivity (Wildman–Crippen MR) is 88.6 cm³/mol. The Bertz CT molecular complexity index is 645. The summed E-state index contributed by atoms with van der Waals surface area (Å²) in [6.07, 6.45) is 5.99. The Morgan fingerprint density at radius 2 is 2.14 bits per heavy atom. The van der Waals surface area contributed by atoms with Gasteiger partial charge < -0.3 is 5.11 Å². The molecule has 0 bridgehead atoms. The van der Waals surface area contributed by atoms with Crippen molar-refractivity contribution in [2.45, 2.75) is 52.4 Å². The van der Waals surface area contributed by atoms with E-state index in [1.807, 2.05) is 13.0 Å². The number of phenolic OH excluding ortho intramolecular Hbond substituents is 1. The van der Waals surface area contributed by atoms with Crippen molar-refractivity contribution in [3.05, 3.63) is 33.3 Å². The van der Waals surface area contributed by atoms with E-state index in [9.17, 15) is 9.90 Å². The van der Waals surface area contributed by atoms with Gasteiger partial charge in [0.1, 0.15) is 5.75 Å². The van der Waals surface area contributed by atoms with Crippen molar-refractivity contribution in [3.8, 4) is 5.75 Å². The number of halogens is 1. The van der Waals surface area contributed by atoms with Crippen LogP contribution in [0.4, 0.5) is 0 Å². The van der Waals surface area contributed by atoms with Crippen LogP contribution < -0.4 is 0 Å². The van der Waals surface area contributed by atoms with Crippen LogP contribution in [0, 0.1) is 12.3 Å². The van der Waals surface area contributed by atoms with Crippen molar-refractivity contribution < 1.29 is 9.90 Å². The van der Waals surface area contributed by atoms with Crippen LogP contribution in [0.1, 0.15) is 55.7 Å². The largest absolute Gasteiger partial charge is 0.508 e. The average Bonchev–Trinajstić information content (AvgIpc) is 2.81. The minimum Gasteiger partial charge on any atom is -0.508 e. The zero-order chi connectivity index (χ0) is 15.2. The standard InChI is InChI=1S/C18H21BrO2/c1-3-4-8-18-9-7-15(21)17(19)16(18)12-5-6-14(20)11(2)13(12)10-18/h5-6,20H,3-4,7-10H2,1-2H3. The van der Waals surface area contributed by atoms with E-state index < -0.39 is 0 Å². The van der Waals surface area contributed by atoms with Gasteiger partial charge in [0.15, 0.2) is 5.78 Å². The second kappa shape index (κ2) is 5.28. The first-order chi connectivity index (χ1) is 10.00. The second-order valence-electron chi connectivity index (χ2n) is 6.41. The minimum atomic E-state index is 0.0869. The molecule has 0 amide bonds. The van der Waals surface area contributed by atoms with E-state index in [1.54, 1.807) is 6.07 Å². The molecule has 2 nitrogen and oxygen atoms in total. The topological polar surface area (TPSA) is 37.3 Å². The van der Waals surface area contributed by atoms with Crippen LogP contribution in [0.5, 0.6) is 5.75 Å². The first kappa shape index (κ1) is 14.8. The van der Waals surface area contributed by atoms with Gasteiger partial charge >= 0.3 is 0 Å². The molecular weight excluding hydrogens is 328 g/mol. The molecule has 3 heteroatoms. The molecule has 0 aromatic heterocycles. The first-order valence-corrected chi connectivity index (χ1v) is 8.55. The van der Waals surface area contributed by atoms with Crippen LogP contribution in [0.3, 0.4) is 0 Å². The Morgan fingerprint density at radius 3 is 2.86 bits per heavy atom. The number of benzene rings is 1. The molecule has 1 aromatic rings. The highest BCUT2D eigenvalue weighted by Gasteiger charge is 2.46. The highest BCUT2D eigenvalue weighted by atomic mass is 79.9. The van der Waals surface area contributed by atoms with Gasteiger partial charge in [-0.3, -0.25) is 4.79 Å². The van der Waals surface area contributed by atoms with Crippen LogP contribution in [0.25, 0.3) is 5.57 Å². The van der Waals surface area contributed by atoms with E-state index in [2.05, 4.69) is 22.9 Å². The Hall–Kier alpha value is -1.09. The predicted octanol–water partition coefficient (Wildman–Crippen LogP) is 4.90. The van der Waals surface area contributed by atoms with Crippen molar-refractivity contribution in [2.24, 2.45) is 5.41 Å². The third-order valence-electron chi connectivity index (χ3n) is 5.19. The maximum atomic E-state index is 12.2. The van der Waals surface area contributed by atoms with Crippen molar-refractivity contribution in [3.63, 3.8) is 0 Å². The summed E-state index contributed by atoms with van der Waals surface area (Å²) in [5, 5.41) is 10.0. The molecule has 21 heavy (non-hydrogen) atoms. The Morgan fingerprint density at radius 1 is 1.38 bits per heavy atom. The number of aromatic hydroxyl groups is 1. The van der Waals surface area contributed by atoms with Gasteiger partial charge in [-0.2, -0.15) is 0 Å². The van der Waals surface area contributed by atoms with E-state index >= 15 is 0 Å². The fourth-order valence-electron chi connectivity index (χ4n) is 3.94. The van der Waals surface area contributed by atoms with Gasteiger partial charge in [-0.25, -0.2) is 0 Å². The third-order valence-corrected chi connectivity index (χ3v) is 6.03. The quantitative estimate of drug-likeness (QED) is 0.843. The molecule has 1 unspecified atom stereocenters. The van der Waals surface area contributed by atoms with Crippen molar-refractivity contribution >= 4 is 27.3 Å². The van der Waals surface area contributed by atoms with E-state index in [-0.39, 0.29) is 11.2 Å². The molecule has 2 aliphatic carbocycles. The molecule has 0 spiro atoms. The third kappa shape index (κ3) is 2.17. The van der Waals surface area contributed by atoms with Crippen LogP contribution in [-0.4, -0.2) is 10.9 Å². The van der Waals surface area contributed by atoms with Gasteiger partial charge in [-0.05, 0) is 70.4 Å². The zero-order valence-electron chi connectivity index (χ0n) is 12.6. The molecule has 112 valence electrons. The van der Waals surface area contributed by atoms with E-state index in [1.165, 1.54) is 29.5 Å². The maximum Gasteiger partial charge on any atom is 0.170 e. The highest BCUT2D eigenvalue weighted by Crippen LogP contribution is 2.58. The minimum absolute atomic E-state index is 0.0869. The normalized spacial score (nSPS) is 24.2. The van der Waals surface area contributed by atoms with Gasteiger partial charge in [0.2, 0.25) is 0 Å². The maximum absolute atomic E-state index is 12.2. The fraction of sp³-hybridized carbons (Fsp3) is 0.500. The average molecular weight is 349 g/mol. The zero-order valence-corrected chi connectivity index (χ0v) is 14.2. The molecule has 1 N–H and O–H groups in total. The Balaban J connectivity index is 2.19. The molecule has 0 fully saturated rings. The summed E-state index contributed by atoms with van der Waals surface area (Å²) in [6.45, 7) is 4.19. The second-order valence-corrected chi connectivity index (χ2v) is 7.20. The molecule has 0 heterocycles. The lowest BCUT2D eigenvalue weighted by molar-refractivity contribution is -0.115. The molecule has 0 saturated carbocycles. The molecule has 3 rings (SSSR count). The molecular formula is C18H21BrO2. The molecule has 0 radical (unpaired) electrons.